The normalized spacial score (nSPS) is 12.2. The molecule has 0 aromatic heterocycles. The van der Waals surface area contributed by atoms with Crippen LogP contribution in [0.15, 0.2) is 24.3 Å². The van der Waals surface area contributed by atoms with E-state index in [1.165, 1.54) is 0 Å². The van der Waals surface area contributed by atoms with Crippen LogP contribution in [0, 0.1) is 0 Å². The predicted molar refractivity (Wildman–Crippen MR) is 87.5 cm³/mol. The average Bonchev–Trinajstić information content (AvgIpc) is 2.45. The lowest BCUT2D eigenvalue weighted by molar-refractivity contribution is -0.158. The standard InChI is InChI=1S/C17H25NO5/c1-6-22-16(20)14(11-15(19)23-17(2,3)4)18-12-7-9-13(21-5)10-8-12/h7-10,14,18H,6,11H2,1-5H3/t14-/m0/s1. The third kappa shape index (κ3) is 7.04. The van der Waals surface area contributed by atoms with Gasteiger partial charge in [0.25, 0.3) is 0 Å². The van der Waals surface area contributed by atoms with E-state index in [1.807, 2.05) is 0 Å². The first kappa shape index (κ1) is 18.8. The van der Waals surface area contributed by atoms with E-state index < -0.39 is 23.6 Å². The molecule has 128 valence electrons. The van der Waals surface area contributed by atoms with Crippen molar-refractivity contribution in [2.24, 2.45) is 0 Å². The molecule has 0 unspecified atom stereocenters. The molecule has 0 aliphatic heterocycles. The van der Waals surface area contributed by atoms with E-state index in [-0.39, 0.29) is 13.0 Å². The number of methoxy groups -OCH3 is 1. The highest BCUT2D eigenvalue weighted by Crippen LogP contribution is 2.18. The Hall–Kier alpha value is -2.24. The maximum atomic E-state index is 12.1. The number of nitrogens with one attached hydrogen (secondary N) is 1. The molecule has 6 heteroatoms. The van der Waals surface area contributed by atoms with Gasteiger partial charge >= 0.3 is 11.9 Å². The summed E-state index contributed by atoms with van der Waals surface area (Å²) in [7, 11) is 1.58. The molecule has 0 saturated heterocycles. The summed E-state index contributed by atoms with van der Waals surface area (Å²) in [5.41, 5.74) is 0.0866. The number of ether oxygens (including phenoxy) is 3. The van der Waals surface area contributed by atoms with E-state index in [0.29, 0.717) is 11.4 Å². The molecule has 0 spiro atoms. The van der Waals surface area contributed by atoms with Gasteiger partial charge in [-0.15, -0.1) is 0 Å². The third-order valence-electron chi connectivity index (χ3n) is 2.79. The van der Waals surface area contributed by atoms with Gasteiger partial charge in [0.1, 0.15) is 17.4 Å². The summed E-state index contributed by atoms with van der Waals surface area (Å²) < 4.78 is 15.4. The number of hydrogen-bond donors (Lipinski definition) is 1. The molecule has 0 amide bonds. The summed E-state index contributed by atoms with van der Waals surface area (Å²) >= 11 is 0. The van der Waals surface area contributed by atoms with E-state index in [1.54, 1.807) is 59.1 Å². The highest BCUT2D eigenvalue weighted by atomic mass is 16.6. The highest BCUT2D eigenvalue weighted by molar-refractivity contribution is 5.85. The molecule has 0 bridgehead atoms. The van der Waals surface area contributed by atoms with Crippen LogP contribution >= 0.6 is 0 Å². The Morgan fingerprint density at radius 2 is 1.78 bits per heavy atom. The fraction of sp³-hybridized carbons (Fsp3) is 0.529. The zero-order valence-corrected chi connectivity index (χ0v) is 14.3. The summed E-state index contributed by atoms with van der Waals surface area (Å²) in [6, 6.07) is 6.24. The summed E-state index contributed by atoms with van der Waals surface area (Å²) in [4.78, 5) is 24.0. The molecule has 1 aromatic rings. The second-order valence-corrected chi connectivity index (χ2v) is 5.97. The first-order valence-corrected chi connectivity index (χ1v) is 7.54. The van der Waals surface area contributed by atoms with Crippen molar-refractivity contribution in [1.29, 1.82) is 0 Å². The first-order valence-electron chi connectivity index (χ1n) is 7.54. The van der Waals surface area contributed by atoms with Crippen LogP contribution in [0.1, 0.15) is 34.1 Å². The van der Waals surface area contributed by atoms with Gasteiger partial charge in [0.15, 0.2) is 0 Å². The van der Waals surface area contributed by atoms with Gasteiger partial charge in [0, 0.05) is 5.69 Å². The Morgan fingerprint density at radius 3 is 2.26 bits per heavy atom. The highest BCUT2D eigenvalue weighted by Gasteiger charge is 2.26. The SMILES string of the molecule is CCOC(=O)[C@H](CC(=O)OC(C)(C)C)Nc1ccc(OC)cc1. The maximum Gasteiger partial charge on any atom is 0.329 e. The molecule has 0 aliphatic rings. The Balaban J connectivity index is 2.79. The van der Waals surface area contributed by atoms with Gasteiger partial charge < -0.3 is 19.5 Å². The molecule has 23 heavy (non-hydrogen) atoms. The summed E-state index contributed by atoms with van der Waals surface area (Å²) in [5, 5.41) is 3.00. The molecule has 1 N–H and O–H groups in total. The zero-order valence-electron chi connectivity index (χ0n) is 14.3. The van der Waals surface area contributed by atoms with Crippen LogP contribution in [-0.4, -0.2) is 37.3 Å². The quantitative estimate of drug-likeness (QED) is 0.778. The molecule has 0 radical (unpaired) electrons. The fourth-order valence-corrected chi connectivity index (χ4v) is 1.87. The largest absolute Gasteiger partial charge is 0.497 e. The van der Waals surface area contributed by atoms with Gasteiger partial charge in [-0.3, -0.25) is 4.79 Å². The lowest BCUT2D eigenvalue weighted by Crippen LogP contribution is -2.36. The van der Waals surface area contributed by atoms with E-state index >= 15 is 0 Å². The van der Waals surface area contributed by atoms with Gasteiger partial charge in [0.05, 0.1) is 20.1 Å². The third-order valence-corrected chi connectivity index (χ3v) is 2.79. The lowest BCUT2D eigenvalue weighted by atomic mass is 10.1. The topological polar surface area (TPSA) is 73.9 Å². The van der Waals surface area contributed by atoms with E-state index in [2.05, 4.69) is 5.32 Å². The minimum Gasteiger partial charge on any atom is -0.497 e. The van der Waals surface area contributed by atoms with Gasteiger partial charge in [-0.1, -0.05) is 0 Å². The molecular weight excluding hydrogens is 298 g/mol. The number of benzene rings is 1. The summed E-state index contributed by atoms with van der Waals surface area (Å²) in [5.74, 6) is -0.249. The number of carbonyl (C=O) groups is 2. The van der Waals surface area contributed by atoms with Crippen LogP contribution in [0.5, 0.6) is 5.75 Å². The maximum absolute atomic E-state index is 12.1. The van der Waals surface area contributed by atoms with Crippen LogP contribution < -0.4 is 10.1 Å². The van der Waals surface area contributed by atoms with E-state index in [9.17, 15) is 9.59 Å². The minimum atomic E-state index is -0.807. The van der Waals surface area contributed by atoms with Crippen LogP contribution in [0.2, 0.25) is 0 Å². The van der Waals surface area contributed by atoms with Crippen molar-refractivity contribution >= 4 is 17.6 Å². The molecular formula is C17H25NO5. The molecule has 0 aliphatic carbocycles. The number of rotatable bonds is 7. The van der Waals surface area contributed by atoms with E-state index in [0.717, 1.165) is 0 Å². The van der Waals surface area contributed by atoms with Crippen LogP contribution in [-0.2, 0) is 19.1 Å². The van der Waals surface area contributed by atoms with Crippen LogP contribution in [0.3, 0.4) is 0 Å². The summed E-state index contributed by atoms with van der Waals surface area (Å²) in [6.07, 6.45) is -0.109. The van der Waals surface area contributed by atoms with Gasteiger partial charge in [0.2, 0.25) is 0 Å². The Labute approximate surface area is 137 Å². The fourth-order valence-electron chi connectivity index (χ4n) is 1.87. The van der Waals surface area contributed by atoms with Gasteiger partial charge in [-0.2, -0.15) is 0 Å². The average molecular weight is 323 g/mol. The van der Waals surface area contributed by atoms with Crippen molar-refractivity contribution in [3.8, 4) is 5.75 Å². The van der Waals surface area contributed by atoms with Crippen molar-refractivity contribution < 1.29 is 23.8 Å². The first-order chi connectivity index (χ1) is 10.7. The van der Waals surface area contributed by atoms with Crippen molar-refractivity contribution in [1.82, 2.24) is 0 Å². The number of hydrogen-bond acceptors (Lipinski definition) is 6. The number of anilines is 1. The van der Waals surface area contributed by atoms with Crippen molar-refractivity contribution in [2.75, 3.05) is 19.0 Å². The molecule has 1 atom stereocenters. The number of esters is 2. The zero-order chi connectivity index (χ0) is 17.5. The van der Waals surface area contributed by atoms with Crippen molar-refractivity contribution in [2.45, 2.75) is 45.8 Å². The van der Waals surface area contributed by atoms with Gasteiger partial charge in [-0.05, 0) is 52.0 Å². The monoisotopic (exact) mass is 323 g/mol. The Bertz CT molecular complexity index is 519. The van der Waals surface area contributed by atoms with Crippen molar-refractivity contribution in [3.63, 3.8) is 0 Å². The smallest absolute Gasteiger partial charge is 0.329 e. The Morgan fingerprint density at radius 1 is 1.17 bits per heavy atom. The van der Waals surface area contributed by atoms with Crippen LogP contribution in [0.4, 0.5) is 5.69 Å². The summed E-state index contributed by atoms with van der Waals surface area (Å²) in [6.45, 7) is 7.30. The second-order valence-electron chi connectivity index (χ2n) is 5.97. The minimum absolute atomic E-state index is 0.109. The van der Waals surface area contributed by atoms with E-state index in [4.69, 9.17) is 14.2 Å². The van der Waals surface area contributed by atoms with Crippen molar-refractivity contribution in [3.05, 3.63) is 24.3 Å². The molecule has 1 rings (SSSR count). The van der Waals surface area contributed by atoms with Crippen LogP contribution in [0.25, 0.3) is 0 Å². The predicted octanol–water partition coefficient (Wildman–Crippen LogP) is 2.77. The molecule has 0 heterocycles. The molecule has 0 saturated carbocycles. The van der Waals surface area contributed by atoms with Gasteiger partial charge in [-0.25, -0.2) is 4.79 Å². The second kappa shape index (κ2) is 8.41. The Kier molecular flexibility index (Phi) is 6.88. The lowest BCUT2D eigenvalue weighted by Gasteiger charge is -2.22. The number of carbonyl (C=O) groups excluding carboxylic acids is 2. The molecule has 0 fully saturated rings. The molecule has 6 nitrogen and oxygen atoms in total. The molecule has 1 aromatic carbocycles.